The SMILES string of the molecule is CC(=O)C1=C(C)N(C)C(=S)NC1c1cccc(O)c1.CC(=O)C1=C(C)NC(=S)NC1c1cccc(O)c1. The van der Waals surface area contributed by atoms with E-state index < -0.39 is 0 Å². The predicted molar refractivity (Wildman–Crippen MR) is 151 cm³/mol. The van der Waals surface area contributed by atoms with Crippen LogP contribution in [0.25, 0.3) is 0 Å². The molecule has 0 bridgehead atoms. The minimum atomic E-state index is -0.316. The smallest absolute Gasteiger partial charge is 0.173 e. The van der Waals surface area contributed by atoms with Gasteiger partial charge in [0.25, 0.3) is 0 Å². The average Bonchev–Trinajstić information content (AvgIpc) is 2.81. The first-order valence-corrected chi connectivity index (χ1v) is 12.3. The lowest BCUT2D eigenvalue weighted by Gasteiger charge is -2.35. The summed E-state index contributed by atoms with van der Waals surface area (Å²) >= 11 is 10.4. The van der Waals surface area contributed by atoms with Crippen molar-refractivity contribution in [3.8, 4) is 11.5 Å². The molecule has 0 spiro atoms. The molecule has 194 valence electrons. The number of phenolic OH excluding ortho intramolecular Hbond substituents is 2. The highest BCUT2D eigenvalue weighted by Gasteiger charge is 2.31. The molecule has 0 fully saturated rings. The van der Waals surface area contributed by atoms with Gasteiger partial charge in [0.05, 0.1) is 12.1 Å². The lowest BCUT2D eigenvalue weighted by atomic mass is 9.92. The third-order valence-corrected chi connectivity index (χ3v) is 6.80. The Labute approximate surface area is 227 Å². The van der Waals surface area contributed by atoms with Gasteiger partial charge in [-0.25, -0.2) is 0 Å². The van der Waals surface area contributed by atoms with Gasteiger partial charge in [-0.2, -0.15) is 0 Å². The van der Waals surface area contributed by atoms with Crippen LogP contribution in [-0.4, -0.2) is 44.0 Å². The van der Waals surface area contributed by atoms with E-state index >= 15 is 0 Å². The summed E-state index contributed by atoms with van der Waals surface area (Å²) in [6, 6.07) is 13.0. The van der Waals surface area contributed by atoms with E-state index in [2.05, 4.69) is 16.0 Å². The Kier molecular flexibility index (Phi) is 8.67. The molecule has 2 unspecified atom stereocenters. The quantitative estimate of drug-likeness (QED) is 0.368. The summed E-state index contributed by atoms with van der Waals surface area (Å²) in [6.07, 6.45) is 0. The number of rotatable bonds is 4. The first-order valence-electron chi connectivity index (χ1n) is 11.5. The summed E-state index contributed by atoms with van der Waals surface area (Å²) in [5.74, 6) is 0.306. The summed E-state index contributed by atoms with van der Waals surface area (Å²) in [6.45, 7) is 6.75. The molecule has 0 saturated heterocycles. The van der Waals surface area contributed by atoms with E-state index in [0.29, 0.717) is 21.4 Å². The highest BCUT2D eigenvalue weighted by molar-refractivity contribution is 7.80. The summed E-state index contributed by atoms with van der Waals surface area (Å²) in [4.78, 5) is 25.4. The minimum absolute atomic E-state index is 0.00677. The van der Waals surface area contributed by atoms with Crippen molar-refractivity contribution in [1.29, 1.82) is 0 Å². The van der Waals surface area contributed by atoms with E-state index in [1.807, 2.05) is 33.0 Å². The number of nitrogens with one attached hydrogen (secondary N) is 3. The number of hydrogen-bond acceptors (Lipinski definition) is 6. The maximum absolute atomic E-state index is 11.9. The minimum Gasteiger partial charge on any atom is -0.508 e. The van der Waals surface area contributed by atoms with Gasteiger partial charge in [0.15, 0.2) is 21.8 Å². The van der Waals surface area contributed by atoms with Crippen molar-refractivity contribution in [2.24, 2.45) is 0 Å². The molecular formula is C27H30N4O4S2. The van der Waals surface area contributed by atoms with Gasteiger partial charge >= 0.3 is 0 Å². The van der Waals surface area contributed by atoms with Crippen LogP contribution in [0, 0.1) is 0 Å². The van der Waals surface area contributed by atoms with Crippen LogP contribution in [0.3, 0.4) is 0 Å². The van der Waals surface area contributed by atoms with Crippen molar-refractivity contribution in [3.63, 3.8) is 0 Å². The fourth-order valence-electron chi connectivity index (χ4n) is 4.36. The Balaban J connectivity index is 0.000000206. The van der Waals surface area contributed by atoms with Gasteiger partial charge in [-0.1, -0.05) is 24.3 Å². The van der Waals surface area contributed by atoms with Crippen LogP contribution in [0.4, 0.5) is 0 Å². The number of hydrogen-bond donors (Lipinski definition) is 5. The van der Waals surface area contributed by atoms with Crippen LogP contribution in [0.1, 0.15) is 50.9 Å². The zero-order valence-corrected chi connectivity index (χ0v) is 22.9. The number of ketones is 2. The number of carbonyl (C=O) groups excluding carboxylic acids is 2. The Morgan fingerprint density at radius 3 is 1.78 bits per heavy atom. The van der Waals surface area contributed by atoms with Gasteiger partial charge in [0.2, 0.25) is 0 Å². The largest absolute Gasteiger partial charge is 0.508 e. The molecule has 0 aliphatic carbocycles. The Morgan fingerprint density at radius 1 is 0.838 bits per heavy atom. The van der Waals surface area contributed by atoms with Crippen molar-refractivity contribution in [3.05, 3.63) is 82.2 Å². The van der Waals surface area contributed by atoms with E-state index in [4.69, 9.17) is 24.4 Å². The van der Waals surface area contributed by atoms with Gasteiger partial charge in [-0.05, 0) is 87.5 Å². The van der Waals surface area contributed by atoms with Crippen LogP contribution >= 0.6 is 24.4 Å². The zero-order chi connectivity index (χ0) is 27.4. The Hall–Kier alpha value is -3.76. The Morgan fingerprint density at radius 2 is 1.32 bits per heavy atom. The number of allylic oxidation sites excluding steroid dienone is 2. The van der Waals surface area contributed by atoms with Gasteiger partial charge in [-0.3, -0.25) is 9.59 Å². The maximum atomic E-state index is 11.9. The van der Waals surface area contributed by atoms with Crippen LogP contribution in [0.15, 0.2) is 71.1 Å². The third kappa shape index (κ3) is 6.33. The van der Waals surface area contributed by atoms with Gasteiger partial charge in [0.1, 0.15) is 11.5 Å². The third-order valence-electron chi connectivity index (χ3n) is 6.19. The highest BCUT2D eigenvalue weighted by Crippen LogP contribution is 2.32. The van der Waals surface area contributed by atoms with E-state index in [9.17, 15) is 19.8 Å². The van der Waals surface area contributed by atoms with Crippen LogP contribution in [0.2, 0.25) is 0 Å². The van der Waals surface area contributed by atoms with Gasteiger partial charge in [-0.15, -0.1) is 0 Å². The number of thiocarbonyl (C=S) groups is 2. The molecule has 2 aromatic rings. The molecule has 2 atom stereocenters. The molecular weight excluding hydrogens is 508 g/mol. The van der Waals surface area contributed by atoms with Crippen molar-refractivity contribution in [2.45, 2.75) is 39.8 Å². The molecule has 5 N–H and O–H groups in total. The molecule has 8 nitrogen and oxygen atoms in total. The number of nitrogens with zero attached hydrogens (tertiary/aromatic N) is 1. The molecule has 10 heteroatoms. The van der Waals surface area contributed by atoms with Gasteiger partial charge in [0, 0.05) is 29.6 Å². The van der Waals surface area contributed by atoms with E-state index in [-0.39, 0.29) is 35.1 Å². The van der Waals surface area contributed by atoms with Crippen LogP contribution in [-0.2, 0) is 9.59 Å². The topological polar surface area (TPSA) is 114 Å². The highest BCUT2D eigenvalue weighted by atomic mass is 32.1. The fourth-order valence-corrected chi connectivity index (χ4v) is 4.89. The van der Waals surface area contributed by atoms with E-state index in [1.165, 1.54) is 6.92 Å². The number of carbonyl (C=O) groups is 2. The number of Topliss-reactive ketones (excluding diaryl/α,β-unsaturated/α-hetero) is 2. The molecule has 2 aliphatic heterocycles. The first-order chi connectivity index (χ1) is 17.4. The molecule has 2 aliphatic rings. The summed E-state index contributed by atoms with van der Waals surface area (Å²) in [7, 11) is 1.83. The zero-order valence-electron chi connectivity index (χ0n) is 21.2. The fraction of sp³-hybridized carbons (Fsp3) is 0.259. The van der Waals surface area contributed by atoms with Crippen molar-refractivity contribution < 1.29 is 19.8 Å². The molecule has 2 heterocycles. The van der Waals surface area contributed by atoms with E-state index in [1.54, 1.807) is 48.2 Å². The van der Waals surface area contributed by atoms with Crippen LogP contribution < -0.4 is 16.0 Å². The molecule has 4 rings (SSSR count). The predicted octanol–water partition coefficient (Wildman–Crippen LogP) is 3.89. The standard InChI is InChI=1S/C14H16N2O2S.C13H14N2O2S/c1-8-12(9(2)17)13(15-14(19)16(8)3)10-5-4-6-11(18)7-10;1-7-11(8(2)16)12(15-13(18)14-7)9-4-3-5-10(17)6-9/h4-7,13,18H,1-3H3,(H,15,19);3-6,12,17H,1-2H3,(H2,14,15,18). The molecule has 2 aromatic carbocycles. The molecule has 0 aromatic heterocycles. The second-order valence-corrected chi connectivity index (χ2v) is 9.61. The molecule has 0 saturated carbocycles. The van der Waals surface area contributed by atoms with Gasteiger partial charge < -0.3 is 31.1 Å². The lowest BCUT2D eigenvalue weighted by molar-refractivity contribution is -0.114. The molecule has 37 heavy (non-hydrogen) atoms. The second-order valence-electron chi connectivity index (χ2n) is 8.81. The van der Waals surface area contributed by atoms with Crippen LogP contribution in [0.5, 0.6) is 11.5 Å². The van der Waals surface area contributed by atoms with Crippen molar-refractivity contribution in [1.82, 2.24) is 20.9 Å². The summed E-state index contributed by atoms with van der Waals surface area (Å²) in [5, 5.41) is 29.3. The Bertz CT molecular complexity index is 1340. The first kappa shape index (κ1) is 27.8. The van der Waals surface area contributed by atoms with E-state index in [0.717, 1.165) is 22.5 Å². The normalized spacial score (nSPS) is 19.3. The van der Waals surface area contributed by atoms with Crippen molar-refractivity contribution >= 4 is 46.2 Å². The molecule has 0 radical (unpaired) electrons. The maximum Gasteiger partial charge on any atom is 0.173 e. The average molecular weight is 539 g/mol. The molecule has 0 amide bonds. The monoisotopic (exact) mass is 538 g/mol. The summed E-state index contributed by atoms with van der Waals surface area (Å²) in [5.41, 5.74) is 4.52. The number of aromatic hydroxyl groups is 2. The van der Waals surface area contributed by atoms with Crippen molar-refractivity contribution in [2.75, 3.05) is 7.05 Å². The summed E-state index contributed by atoms with van der Waals surface area (Å²) < 4.78 is 0. The number of benzene rings is 2. The number of phenols is 2. The lowest BCUT2D eigenvalue weighted by Crippen LogP contribution is -2.45. The second kappa shape index (κ2) is 11.5.